The zero-order chi connectivity index (χ0) is 20.9. The number of hydrogen-bond acceptors (Lipinski definition) is 6. The highest BCUT2D eigenvalue weighted by Gasteiger charge is 2.05. The molecular formula is C21H26N2O6. The van der Waals surface area contributed by atoms with Gasteiger partial charge in [0.2, 0.25) is 0 Å². The van der Waals surface area contributed by atoms with Gasteiger partial charge in [-0.3, -0.25) is 10.6 Å². The van der Waals surface area contributed by atoms with Gasteiger partial charge >= 0.3 is 12.2 Å². The van der Waals surface area contributed by atoms with Crippen LogP contribution in [0.1, 0.15) is 19.3 Å². The number of benzene rings is 2. The molecule has 0 saturated heterocycles. The molecule has 0 saturated carbocycles. The Kier molecular flexibility index (Phi) is 9.14. The number of anilines is 2. The molecule has 0 unspecified atom stereocenters. The first-order valence-electron chi connectivity index (χ1n) is 9.26. The fourth-order valence-corrected chi connectivity index (χ4v) is 2.37. The van der Waals surface area contributed by atoms with Crippen molar-refractivity contribution in [3.63, 3.8) is 0 Å². The zero-order valence-corrected chi connectivity index (χ0v) is 16.6. The van der Waals surface area contributed by atoms with Gasteiger partial charge in [-0.1, -0.05) is 0 Å². The van der Waals surface area contributed by atoms with Gasteiger partial charge in [-0.15, -0.1) is 0 Å². The predicted molar refractivity (Wildman–Crippen MR) is 110 cm³/mol. The van der Waals surface area contributed by atoms with Crippen LogP contribution in [0.25, 0.3) is 0 Å². The highest BCUT2D eigenvalue weighted by Crippen LogP contribution is 2.16. The lowest BCUT2D eigenvalue weighted by atomic mass is 10.2. The van der Waals surface area contributed by atoms with E-state index in [2.05, 4.69) is 10.6 Å². The molecule has 0 heterocycles. The van der Waals surface area contributed by atoms with Gasteiger partial charge in [0.05, 0.1) is 27.4 Å². The van der Waals surface area contributed by atoms with Crippen molar-refractivity contribution in [2.45, 2.75) is 19.3 Å². The Morgan fingerprint density at radius 3 is 1.38 bits per heavy atom. The second-order valence-electron chi connectivity index (χ2n) is 6.04. The number of nitrogens with one attached hydrogen (secondary N) is 2. The van der Waals surface area contributed by atoms with E-state index < -0.39 is 12.2 Å². The van der Waals surface area contributed by atoms with E-state index in [9.17, 15) is 9.59 Å². The Bertz CT molecular complexity index is 696. The molecule has 2 aromatic carbocycles. The first kappa shape index (κ1) is 21.9. The molecule has 2 amide bonds. The summed E-state index contributed by atoms with van der Waals surface area (Å²) >= 11 is 0. The number of methoxy groups -OCH3 is 2. The van der Waals surface area contributed by atoms with Crippen LogP contribution in [0.15, 0.2) is 48.5 Å². The largest absolute Gasteiger partial charge is 0.497 e. The molecule has 0 atom stereocenters. The van der Waals surface area contributed by atoms with Crippen LogP contribution >= 0.6 is 0 Å². The van der Waals surface area contributed by atoms with Crippen LogP contribution in [0.4, 0.5) is 21.0 Å². The third-order valence-corrected chi connectivity index (χ3v) is 3.93. The van der Waals surface area contributed by atoms with E-state index in [-0.39, 0.29) is 0 Å². The second-order valence-corrected chi connectivity index (χ2v) is 6.04. The Labute approximate surface area is 170 Å². The summed E-state index contributed by atoms with van der Waals surface area (Å²) in [4.78, 5) is 23.4. The third-order valence-electron chi connectivity index (χ3n) is 3.93. The normalized spacial score (nSPS) is 10.0. The van der Waals surface area contributed by atoms with E-state index >= 15 is 0 Å². The smallest absolute Gasteiger partial charge is 0.411 e. The minimum absolute atomic E-state index is 0.292. The van der Waals surface area contributed by atoms with Crippen molar-refractivity contribution in [3.8, 4) is 11.5 Å². The molecular weight excluding hydrogens is 376 g/mol. The van der Waals surface area contributed by atoms with Gasteiger partial charge in [0.1, 0.15) is 11.5 Å². The average Bonchev–Trinajstić information content (AvgIpc) is 2.74. The van der Waals surface area contributed by atoms with Crippen LogP contribution in [0.3, 0.4) is 0 Å². The van der Waals surface area contributed by atoms with Crippen LogP contribution < -0.4 is 20.1 Å². The summed E-state index contributed by atoms with van der Waals surface area (Å²) in [6.07, 6.45) is 1.11. The molecule has 0 aliphatic heterocycles. The van der Waals surface area contributed by atoms with E-state index in [1.54, 1.807) is 62.8 Å². The Balaban J connectivity index is 1.50. The molecule has 156 valence electrons. The third kappa shape index (κ3) is 8.42. The first-order valence-corrected chi connectivity index (χ1v) is 9.26. The number of carbonyl (C=O) groups is 2. The maximum atomic E-state index is 11.7. The van der Waals surface area contributed by atoms with Crippen LogP contribution in [-0.4, -0.2) is 39.6 Å². The summed E-state index contributed by atoms with van der Waals surface area (Å²) in [6, 6.07) is 13.9. The topological polar surface area (TPSA) is 95.1 Å². The van der Waals surface area contributed by atoms with Crippen molar-refractivity contribution in [3.05, 3.63) is 48.5 Å². The van der Waals surface area contributed by atoms with Crippen molar-refractivity contribution in [1.29, 1.82) is 0 Å². The number of hydrogen-bond donors (Lipinski definition) is 2. The number of rotatable bonds is 10. The summed E-state index contributed by atoms with van der Waals surface area (Å²) in [6.45, 7) is 0.583. The Morgan fingerprint density at radius 2 is 1.03 bits per heavy atom. The number of carbonyl (C=O) groups excluding carboxylic acids is 2. The Morgan fingerprint density at radius 1 is 0.655 bits per heavy atom. The van der Waals surface area contributed by atoms with Gasteiger partial charge in [0.15, 0.2) is 0 Å². The van der Waals surface area contributed by atoms with E-state index in [1.807, 2.05) is 0 Å². The molecule has 8 heteroatoms. The van der Waals surface area contributed by atoms with Gasteiger partial charge in [0.25, 0.3) is 0 Å². The highest BCUT2D eigenvalue weighted by molar-refractivity contribution is 5.85. The van der Waals surface area contributed by atoms with E-state index in [0.717, 1.165) is 6.42 Å². The second kappa shape index (κ2) is 12.1. The van der Waals surface area contributed by atoms with E-state index in [0.29, 0.717) is 48.9 Å². The van der Waals surface area contributed by atoms with Crippen LogP contribution in [0.5, 0.6) is 11.5 Å². The molecule has 2 rings (SSSR count). The zero-order valence-electron chi connectivity index (χ0n) is 16.6. The summed E-state index contributed by atoms with van der Waals surface area (Å²) < 4.78 is 20.3. The fourth-order valence-electron chi connectivity index (χ4n) is 2.37. The van der Waals surface area contributed by atoms with E-state index in [1.165, 1.54) is 0 Å². The summed E-state index contributed by atoms with van der Waals surface area (Å²) in [7, 11) is 3.16. The molecule has 2 N–H and O–H groups in total. The Hall–Kier alpha value is -3.42. The number of ether oxygens (including phenoxy) is 4. The van der Waals surface area contributed by atoms with Gasteiger partial charge in [-0.25, -0.2) is 9.59 Å². The quantitative estimate of drug-likeness (QED) is 0.561. The molecule has 2 aromatic rings. The molecule has 0 spiro atoms. The van der Waals surface area contributed by atoms with Crippen molar-refractivity contribution in [1.82, 2.24) is 0 Å². The molecule has 0 aliphatic carbocycles. The molecule has 0 radical (unpaired) electrons. The van der Waals surface area contributed by atoms with Crippen LogP contribution in [0.2, 0.25) is 0 Å². The van der Waals surface area contributed by atoms with Crippen LogP contribution in [-0.2, 0) is 9.47 Å². The van der Waals surface area contributed by atoms with Gasteiger partial charge in [-0.05, 0) is 67.8 Å². The van der Waals surface area contributed by atoms with Crippen molar-refractivity contribution in [2.24, 2.45) is 0 Å². The maximum absolute atomic E-state index is 11.7. The highest BCUT2D eigenvalue weighted by atomic mass is 16.6. The number of unbranched alkanes of at least 4 members (excludes halogenated alkanes) is 2. The lowest BCUT2D eigenvalue weighted by Gasteiger charge is -2.09. The number of amides is 2. The monoisotopic (exact) mass is 402 g/mol. The molecule has 0 fully saturated rings. The molecule has 8 nitrogen and oxygen atoms in total. The lowest BCUT2D eigenvalue weighted by molar-refractivity contribution is 0.151. The minimum atomic E-state index is -0.509. The van der Waals surface area contributed by atoms with Crippen molar-refractivity contribution >= 4 is 23.6 Å². The average molecular weight is 402 g/mol. The first-order chi connectivity index (χ1) is 14.1. The summed E-state index contributed by atoms with van der Waals surface area (Å²) in [5.41, 5.74) is 1.26. The fraction of sp³-hybridized carbons (Fsp3) is 0.333. The minimum Gasteiger partial charge on any atom is -0.497 e. The maximum Gasteiger partial charge on any atom is 0.411 e. The molecule has 0 aliphatic rings. The SMILES string of the molecule is COc1ccc(NC(=O)OCCCCCOC(=O)Nc2ccc(OC)cc2)cc1. The van der Waals surface area contributed by atoms with Crippen molar-refractivity contribution in [2.75, 3.05) is 38.1 Å². The van der Waals surface area contributed by atoms with Gasteiger partial charge < -0.3 is 18.9 Å². The van der Waals surface area contributed by atoms with Crippen molar-refractivity contribution < 1.29 is 28.5 Å². The van der Waals surface area contributed by atoms with Gasteiger partial charge in [0, 0.05) is 11.4 Å². The molecule has 0 aromatic heterocycles. The van der Waals surface area contributed by atoms with E-state index in [4.69, 9.17) is 18.9 Å². The molecule has 0 bridgehead atoms. The summed E-state index contributed by atoms with van der Waals surface area (Å²) in [5, 5.41) is 5.28. The predicted octanol–water partition coefficient (Wildman–Crippen LogP) is 4.67. The summed E-state index contributed by atoms with van der Waals surface area (Å²) in [5.74, 6) is 1.42. The lowest BCUT2D eigenvalue weighted by Crippen LogP contribution is -2.15. The van der Waals surface area contributed by atoms with Crippen LogP contribution in [0, 0.1) is 0 Å². The standard InChI is InChI=1S/C21H26N2O6/c1-26-18-10-6-16(7-11-18)22-20(24)28-14-4-3-5-15-29-21(25)23-17-8-12-19(27-2)13-9-17/h6-13H,3-5,14-15H2,1-2H3,(H,22,24)(H,23,25). The molecule has 29 heavy (non-hydrogen) atoms. The van der Waals surface area contributed by atoms with Gasteiger partial charge in [-0.2, -0.15) is 0 Å².